The maximum atomic E-state index is 11.4. The molecule has 19 heavy (non-hydrogen) atoms. The van der Waals surface area contributed by atoms with Crippen molar-refractivity contribution in [3.8, 4) is 5.75 Å². The minimum absolute atomic E-state index is 0.201. The molecule has 1 heterocycles. The average Bonchev–Trinajstić information content (AvgIpc) is 2.70. The lowest BCUT2D eigenvalue weighted by atomic mass is 10.1. The van der Waals surface area contributed by atoms with E-state index in [2.05, 4.69) is 21.2 Å². The molecule has 1 N–H and O–H groups in total. The van der Waals surface area contributed by atoms with Crippen molar-refractivity contribution in [2.75, 3.05) is 11.9 Å². The van der Waals surface area contributed by atoms with Crippen molar-refractivity contribution >= 4 is 38.8 Å². The number of rotatable bonds is 6. The van der Waals surface area contributed by atoms with E-state index in [9.17, 15) is 9.59 Å². The lowest BCUT2D eigenvalue weighted by molar-refractivity contribution is -0.118. The first-order valence-electron chi connectivity index (χ1n) is 5.98. The van der Waals surface area contributed by atoms with E-state index >= 15 is 0 Å². The Morgan fingerprint density at radius 3 is 2.58 bits per heavy atom. The SMILES string of the molecule is O=C1NC(=O)C(Cc2ccc(OCCCBr)cc2)S1. The quantitative estimate of drug-likeness (QED) is 0.637. The molecule has 1 saturated heterocycles. The Kier molecular flexibility index (Phi) is 5.27. The Labute approximate surface area is 124 Å². The molecule has 6 heteroatoms. The molecule has 0 aromatic heterocycles. The normalized spacial score (nSPS) is 18.5. The van der Waals surface area contributed by atoms with Gasteiger partial charge in [0.1, 0.15) is 5.75 Å². The van der Waals surface area contributed by atoms with Crippen LogP contribution < -0.4 is 10.1 Å². The summed E-state index contributed by atoms with van der Waals surface area (Å²) in [6.45, 7) is 0.681. The van der Waals surface area contributed by atoms with Crippen molar-refractivity contribution in [3.63, 3.8) is 0 Å². The predicted molar refractivity (Wildman–Crippen MR) is 79.0 cm³/mol. The van der Waals surface area contributed by atoms with Crippen molar-refractivity contribution < 1.29 is 14.3 Å². The Hall–Kier alpha value is -1.01. The molecule has 2 rings (SSSR count). The first-order valence-corrected chi connectivity index (χ1v) is 7.98. The van der Waals surface area contributed by atoms with Gasteiger partial charge in [0.25, 0.3) is 5.24 Å². The molecule has 1 aliphatic rings. The minimum atomic E-state index is -0.312. The van der Waals surface area contributed by atoms with E-state index in [1.54, 1.807) is 0 Å². The van der Waals surface area contributed by atoms with Gasteiger partial charge in [-0.2, -0.15) is 0 Å². The molecule has 0 aliphatic carbocycles. The van der Waals surface area contributed by atoms with Crippen molar-refractivity contribution in [3.05, 3.63) is 29.8 Å². The summed E-state index contributed by atoms with van der Waals surface area (Å²) >= 11 is 4.40. The third-order valence-electron chi connectivity index (χ3n) is 2.66. The Morgan fingerprint density at radius 2 is 2.00 bits per heavy atom. The van der Waals surface area contributed by atoms with E-state index in [1.165, 1.54) is 0 Å². The number of ether oxygens (including phenoxy) is 1. The highest BCUT2D eigenvalue weighted by molar-refractivity contribution is 9.09. The number of carbonyl (C=O) groups is 2. The summed E-state index contributed by atoms with van der Waals surface area (Å²) in [6, 6.07) is 7.64. The molecule has 2 amide bonds. The summed E-state index contributed by atoms with van der Waals surface area (Å²) in [5, 5.41) is 2.64. The molecule has 1 atom stereocenters. The molecule has 0 bridgehead atoms. The Balaban J connectivity index is 1.88. The fourth-order valence-corrected chi connectivity index (χ4v) is 2.80. The first kappa shape index (κ1) is 14.4. The zero-order valence-electron chi connectivity index (χ0n) is 10.2. The largest absolute Gasteiger partial charge is 0.494 e. The van der Waals surface area contributed by atoms with Gasteiger partial charge in [0.05, 0.1) is 11.9 Å². The molecule has 1 aromatic rings. The van der Waals surface area contributed by atoms with Crippen LogP contribution in [-0.4, -0.2) is 28.3 Å². The molecule has 0 radical (unpaired) electrons. The summed E-state index contributed by atoms with van der Waals surface area (Å²) < 4.78 is 5.54. The second kappa shape index (κ2) is 6.96. The molecule has 1 unspecified atom stereocenters. The van der Waals surface area contributed by atoms with E-state index in [0.717, 1.165) is 34.8 Å². The average molecular weight is 344 g/mol. The van der Waals surface area contributed by atoms with Crippen LogP contribution in [0.1, 0.15) is 12.0 Å². The van der Waals surface area contributed by atoms with Crippen LogP contribution in [0.15, 0.2) is 24.3 Å². The molecule has 1 aliphatic heterocycles. The number of hydrogen-bond acceptors (Lipinski definition) is 4. The molecule has 102 valence electrons. The zero-order chi connectivity index (χ0) is 13.7. The summed E-state index contributed by atoms with van der Waals surface area (Å²) in [4.78, 5) is 22.5. The topological polar surface area (TPSA) is 55.4 Å². The Morgan fingerprint density at radius 1 is 1.26 bits per heavy atom. The van der Waals surface area contributed by atoms with Gasteiger partial charge in [-0.25, -0.2) is 0 Å². The number of hydrogen-bond donors (Lipinski definition) is 1. The van der Waals surface area contributed by atoms with Crippen LogP contribution in [-0.2, 0) is 11.2 Å². The number of benzene rings is 1. The van der Waals surface area contributed by atoms with Crippen molar-refractivity contribution in [2.45, 2.75) is 18.1 Å². The first-order chi connectivity index (χ1) is 9.19. The highest BCUT2D eigenvalue weighted by Gasteiger charge is 2.31. The van der Waals surface area contributed by atoms with E-state index in [4.69, 9.17) is 4.74 Å². The second-order valence-electron chi connectivity index (χ2n) is 4.12. The van der Waals surface area contributed by atoms with Gasteiger partial charge in [0.15, 0.2) is 0 Å². The summed E-state index contributed by atoms with van der Waals surface area (Å²) in [5.74, 6) is 0.622. The third kappa shape index (κ3) is 4.24. The Bertz CT molecular complexity index is 463. The van der Waals surface area contributed by atoms with Crippen LogP contribution in [0.4, 0.5) is 4.79 Å². The molecule has 0 spiro atoms. The van der Waals surface area contributed by atoms with Gasteiger partial charge in [-0.1, -0.05) is 39.8 Å². The van der Waals surface area contributed by atoms with Crippen LogP contribution in [0, 0.1) is 0 Å². The fourth-order valence-electron chi connectivity index (χ4n) is 1.71. The third-order valence-corrected chi connectivity index (χ3v) is 4.20. The van der Waals surface area contributed by atoms with E-state index in [-0.39, 0.29) is 16.4 Å². The second-order valence-corrected chi connectivity index (χ2v) is 6.09. The number of imide groups is 1. The number of nitrogens with one attached hydrogen (secondary N) is 1. The number of carbonyl (C=O) groups excluding carboxylic acids is 2. The summed E-state index contributed by atoms with van der Waals surface area (Å²) in [5.41, 5.74) is 1.02. The predicted octanol–water partition coefficient (Wildman–Crippen LogP) is 2.74. The van der Waals surface area contributed by atoms with E-state index in [0.29, 0.717) is 13.0 Å². The van der Waals surface area contributed by atoms with E-state index < -0.39 is 0 Å². The maximum Gasteiger partial charge on any atom is 0.286 e. The maximum absolute atomic E-state index is 11.4. The van der Waals surface area contributed by atoms with Crippen LogP contribution in [0.25, 0.3) is 0 Å². The van der Waals surface area contributed by atoms with Crippen molar-refractivity contribution in [2.24, 2.45) is 0 Å². The lowest BCUT2D eigenvalue weighted by Crippen LogP contribution is -2.25. The van der Waals surface area contributed by atoms with Gasteiger partial charge in [-0.3, -0.25) is 14.9 Å². The van der Waals surface area contributed by atoms with Crippen LogP contribution >= 0.6 is 27.7 Å². The number of amides is 2. The number of thioether (sulfide) groups is 1. The zero-order valence-corrected chi connectivity index (χ0v) is 12.6. The molecule has 0 saturated carbocycles. The number of halogens is 1. The smallest absolute Gasteiger partial charge is 0.286 e. The van der Waals surface area contributed by atoms with Gasteiger partial charge in [-0.05, 0) is 30.5 Å². The lowest BCUT2D eigenvalue weighted by Gasteiger charge is -2.08. The van der Waals surface area contributed by atoms with Gasteiger partial charge in [0.2, 0.25) is 5.91 Å². The standard InChI is InChI=1S/C13H14BrNO3S/c14-6-1-7-18-10-4-2-9(3-5-10)8-11-12(16)15-13(17)19-11/h2-5,11H,1,6-8H2,(H,15,16,17). The molecule has 4 nitrogen and oxygen atoms in total. The van der Waals surface area contributed by atoms with Gasteiger partial charge < -0.3 is 4.74 Å². The summed E-state index contributed by atoms with van der Waals surface area (Å²) in [7, 11) is 0. The van der Waals surface area contributed by atoms with Crippen LogP contribution in [0.5, 0.6) is 5.75 Å². The van der Waals surface area contributed by atoms with Gasteiger partial charge in [-0.15, -0.1) is 0 Å². The van der Waals surface area contributed by atoms with Crippen molar-refractivity contribution in [1.29, 1.82) is 0 Å². The highest BCUT2D eigenvalue weighted by atomic mass is 79.9. The van der Waals surface area contributed by atoms with Crippen molar-refractivity contribution in [1.82, 2.24) is 5.32 Å². The minimum Gasteiger partial charge on any atom is -0.494 e. The van der Waals surface area contributed by atoms with Gasteiger partial charge in [0, 0.05) is 5.33 Å². The molecule has 1 aromatic carbocycles. The van der Waals surface area contributed by atoms with Crippen LogP contribution in [0.2, 0.25) is 0 Å². The monoisotopic (exact) mass is 343 g/mol. The molecule has 1 fully saturated rings. The van der Waals surface area contributed by atoms with Gasteiger partial charge >= 0.3 is 0 Å². The molecular formula is C13H14BrNO3S. The highest BCUT2D eigenvalue weighted by Crippen LogP contribution is 2.23. The number of alkyl halides is 1. The van der Waals surface area contributed by atoms with Crippen LogP contribution in [0.3, 0.4) is 0 Å². The fraction of sp³-hybridized carbons (Fsp3) is 0.385. The van der Waals surface area contributed by atoms with E-state index in [1.807, 2.05) is 24.3 Å². The summed E-state index contributed by atoms with van der Waals surface area (Å²) in [6.07, 6.45) is 1.52. The molecular weight excluding hydrogens is 330 g/mol.